The molecule has 1 aliphatic heterocycles. The Morgan fingerprint density at radius 1 is 0.829 bits per heavy atom. The van der Waals surface area contributed by atoms with Crippen molar-refractivity contribution in [3.8, 4) is 0 Å². The summed E-state index contributed by atoms with van der Waals surface area (Å²) >= 11 is 0. The zero-order valence-electron chi connectivity index (χ0n) is 24.9. The molecule has 0 N–H and O–H groups in total. The standard InChI is InChI=1S/C33H43N5O2S/c1-5-7-19-36(20-8-6-2)31-17-11-15-29-27(31)14-12-18-33(29)41(39,40)38-26(3)30(28-13-9-10-16-32(28)38)25-34-37-23-21-35(4)22-24-37/h9-18,25H,5-8,19-24H2,1-4H3/b34-25+. The Morgan fingerprint density at radius 2 is 1.46 bits per heavy atom. The number of hydrazone groups is 1. The molecule has 7 nitrogen and oxygen atoms in total. The largest absolute Gasteiger partial charge is 0.371 e. The number of para-hydroxylation sites is 1. The van der Waals surface area contributed by atoms with Crippen LogP contribution >= 0.6 is 0 Å². The number of hydrogen-bond acceptors (Lipinski definition) is 6. The van der Waals surface area contributed by atoms with E-state index >= 15 is 0 Å². The van der Waals surface area contributed by atoms with Gasteiger partial charge in [-0.15, -0.1) is 0 Å². The van der Waals surface area contributed by atoms with Gasteiger partial charge in [-0.1, -0.05) is 69.2 Å². The molecule has 41 heavy (non-hydrogen) atoms. The van der Waals surface area contributed by atoms with Gasteiger partial charge in [0.1, 0.15) is 0 Å². The van der Waals surface area contributed by atoms with Crippen LogP contribution in [0.25, 0.3) is 21.7 Å². The fraction of sp³-hybridized carbons (Fsp3) is 0.424. The molecule has 0 aliphatic carbocycles. The van der Waals surface area contributed by atoms with Crippen molar-refractivity contribution in [2.45, 2.75) is 51.3 Å². The summed E-state index contributed by atoms with van der Waals surface area (Å²) in [5.41, 5.74) is 3.29. The number of benzene rings is 3. The first-order valence-electron chi connectivity index (χ1n) is 15.0. The van der Waals surface area contributed by atoms with E-state index in [0.717, 1.165) is 92.4 Å². The number of nitrogens with zero attached hydrogens (tertiary/aromatic N) is 5. The third-order valence-corrected chi connectivity index (χ3v) is 10.1. The smallest absolute Gasteiger partial charge is 0.269 e. The lowest BCUT2D eigenvalue weighted by atomic mass is 10.1. The molecule has 0 spiro atoms. The SMILES string of the molecule is CCCCN(CCCC)c1cccc2c(S(=O)(=O)n3c(C)c(/C=N/N4CCN(C)CC4)c4ccccc43)cccc12. The summed E-state index contributed by atoms with van der Waals surface area (Å²) in [7, 11) is -1.79. The maximum absolute atomic E-state index is 14.6. The maximum Gasteiger partial charge on any atom is 0.269 e. The van der Waals surface area contributed by atoms with Crippen molar-refractivity contribution in [2.24, 2.45) is 5.10 Å². The Bertz CT molecular complexity index is 1630. The highest BCUT2D eigenvalue weighted by molar-refractivity contribution is 7.90. The van der Waals surface area contributed by atoms with Gasteiger partial charge in [0.05, 0.1) is 16.6 Å². The predicted octanol–water partition coefficient (Wildman–Crippen LogP) is 6.33. The number of piperazine rings is 1. The maximum atomic E-state index is 14.6. The molecule has 218 valence electrons. The van der Waals surface area contributed by atoms with Crippen LogP contribution in [-0.4, -0.2) is 74.8 Å². The normalized spacial score (nSPS) is 15.0. The number of rotatable bonds is 11. The minimum absolute atomic E-state index is 0.328. The van der Waals surface area contributed by atoms with Crippen LogP contribution in [0.15, 0.2) is 70.7 Å². The van der Waals surface area contributed by atoms with Crippen molar-refractivity contribution in [2.75, 3.05) is 51.2 Å². The van der Waals surface area contributed by atoms with Crippen LogP contribution in [0.3, 0.4) is 0 Å². The summed E-state index contributed by atoms with van der Waals surface area (Å²) in [6.07, 6.45) is 6.28. The van der Waals surface area contributed by atoms with E-state index in [1.807, 2.05) is 55.6 Å². The predicted molar refractivity (Wildman–Crippen MR) is 172 cm³/mol. The molecular formula is C33H43N5O2S. The Balaban J connectivity index is 1.61. The van der Waals surface area contributed by atoms with Crippen LogP contribution in [0, 0.1) is 6.92 Å². The van der Waals surface area contributed by atoms with E-state index < -0.39 is 10.0 Å². The average Bonchev–Trinajstić information content (AvgIpc) is 3.28. The van der Waals surface area contributed by atoms with Crippen LogP contribution in [-0.2, 0) is 10.0 Å². The van der Waals surface area contributed by atoms with Crippen LogP contribution in [0.2, 0.25) is 0 Å². The molecule has 0 saturated carbocycles. The Kier molecular flexibility index (Phi) is 9.00. The second-order valence-electron chi connectivity index (χ2n) is 11.1. The number of aromatic nitrogens is 1. The molecule has 1 aliphatic rings. The highest BCUT2D eigenvalue weighted by Gasteiger charge is 2.27. The average molecular weight is 574 g/mol. The lowest BCUT2D eigenvalue weighted by molar-refractivity contribution is 0.159. The molecule has 2 heterocycles. The number of fused-ring (bicyclic) bond motifs is 2. The van der Waals surface area contributed by atoms with Crippen LogP contribution in [0.4, 0.5) is 5.69 Å². The second kappa shape index (κ2) is 12.7. The zero-order chi connectivity index (χ0) is 29.0. The summed E-state index contributed by atoms with van der Waals surface area (Å²) in [4.78, 5) is 5.04. The molecule has 0 amide bonds. The third kappa shape index (κ3) is 5.86. The molecule has 4 aromatic rings. The summed E-state index contributed by atoms with van der Waals surface area (Å²) in [6, 6.07) is 19.5. The monoisotopic (exact) mass is 573 g/mol. The second-order valence-corrected chi connectivity index (χ2v) is 12.9. The van der Waals surface area contributed by atoms with Crippen LogP contribution < -0.4 is 4.90 Å². The van der Waals surface area contributed by atoms with E-state index in [0.29, 0.717) is 16.1 Å². The first-order valence-corrected chi connectivity index (χ1v) is 16.4. The third-order valence-electron chi connectivity index (χ3n) is 8.22. The van der Waals surface area contributed by atoms with E-state index in [1.54, 1.807) is 6.07 Å². The van der Waals surface area contributed by atoms with Crippen molar-refractivity contribution in [1.29, 1.82) is 0 Å². The number of hydrogen-bond donors (Lipinski definition) is 0. The first-order chi connectivity index (χ1) is 19.9. The lowest BCUT2D eigenvalue weighted by Crippen LogP contribution is -2.41. The van der Waals surface area contributed by atoms with Gasteiger partial charge in [0.25, 0.3) is 10.0 Å². The summed E-state index contributed by atoms with van der Waals surface area (Å²) < 4.78 is 30.6. The highest BCUT2D eigenvalue weighted by Crippen LogP contribution is 2.35. The summed E-state index contributed by atoms with van der Waals surface area (Å²) in [6.45, 7) is 11.9. The molecule has 1 fully saturated rings. The Morgan fingerprint density at radius 3 is 2.17 bits per heavy atom. The van der Waals surface area contributed by atoms with Crippen molar-refractivity contribution in [3.05, 3.63) is 71.9 Å². The van der Waals surface area contributed by atoms with Gasteiger partial charge in [0.15, 0.2) is 0 Å². The minimum atomic E-state index is -3.91. The van der Waals surface area contributed by atoms with Gasteiger partial charge in [-0.2, -0.15) is 5.10 Å². The molecule has 1 aromatic heterocycles. The molecule has 1 saturated heterocycles. The number of anilines is 1. The lowest BCUT2D eigenvalue weighted by Gasteiger charge is -2.30. The van der Waals surface area contributed by atoms with E-state index in [-0.39, 0.29) is 0 Å². The molecule has 0 bridgehead atoms. The molecule has 8 heteroatoms. The number of likely N-dealkylation sites (N-methyl/N-ethyl adjacent to an activating group) is 1. The van der Waals surface area contributed by atoms with Gasteiger partial charge < -0.3 is 9.80 Å². The fourth-order valence-electron chi connectivity index (χ4n) is 5.80. The van der Waals surface area contributed by atoms with Gasteiger partial charge in [0.2, 0.25) is 0 Å². The molecular weight excluding hydrogens is 530 g/mol. The van der Waals surface area contributed by atoms with Gasteiger partial charge in [0, 0.05) is 72.4 Å². The van der Waals surface area contributed by atoms with E-state index in [9.17, 15) is 8.42 Å². The molecule has 5 rings (SSSR count). The highest BCUT2D eigenvalue weighted by atomic mass is 32.2. The van der Waals surface area contributed by atoms with Gasteiger partial charge in [-0.25, -0.2) is 12.4 Å². The Hall–Kier alpha value is -3.36. The fourth-order valence-corrected chi connectivity index (χ4v) is 7.58. The van der Waals surface area contributed by atoms with Crippen LogP contribution in [0.1, 0.15) is 50.8 Å². The quantitative estimate of drug-likeness (QED) is 0.196. The minimum Gasteiger partial charge on any atom is -0.371 e. The first kappa shape index (κ1) is 29.1. The van der Waals surface area contributed by atoms with Gasteiger partial charge in [-0.3, -0.25) is 5.01 Å². The Labute approximate surface area is 245 Å². The zero-order valence-corrected chi connectivity index (χ0v) is 25.7. The van der Waals surface area contributed by atoms with Gasteiger partial charge >= 0.3 is 0 Å². The van der Waals surface area contributed by atoms with Crippen LogP contribution in [0.5, 0.6) is 0 Å². The van der Waals surface area contributed by atoms with E-state index in [2.05, 4.69) is 47.8 Å². The molecule has 0 atom stereocenters. The van der Waals surface area contributed by atoms with Crippen molar-refractivity contribution < 1.29 is 8.42 Å². The van der Waals surface area contributed by atoms with E-state index in [1.165, 1.54) is 3.97 Å². The van der Waals surface area contributed by atoms with E-state index in [4.69, 9.17) is 5.10 Å². The van der Waals surface area contributed by atoms with Crippen molar-refractivity contribution >= 4 is 43.6 Å². The summed E-state index contributed by atoms with van der Waals surface area (Å²) in [5.74, 6) is 0. The summed E-state index contributed by atoms with van der Waals surface area (Å²) in [5, 5.41) is 9.45. The molecule has 0 radical (unpaired) electrons. The number of unbranched alkanes of at least 4 members (excludes halogenated alkanes) is 2. The van der Waals surface area contributed by atoms with Gasteiger partial charge in [-0.05, 0) is 45.0 Å². The molecule has 0 unspecified atom stereocenters. The van der Waals surface area contributed by atoms with Crippen molar-refractivity contribution in [3.63, 3.8) is 0 Å². The topological polar surface area (TPSA) is 61.2 Å². The van der Waals surface area contributed by atoms with Crippen molar-refractivity contribution in [1.82, 2.24) is 13.9 Å². The molecule has 3 aromatic carbocycles.